The number of nitrogens with zero attached hydrogens (tertiary/aromatic N) is 1. The topological polar surface area (TPSA) is 42.0 Å². The summed E-state index contributed by atoms with van der Waals surface area (Å²) in [5.74, 6) is 0.0807. The molecule has 5 heteroatoms. The highest BCUT2D eigenvalue weighted by atomic mass is 79.9. The highest BCUT2D eigenvalue weighted by Crippen LogP contribution is 2.30. The molecule has 3 rings (SSSR count). The second kappa shape index (κ2) is 7.45. The van der Waals surface area contributed by atoms with Gasteiger partial charge in [-0.2, -0.15) is 0 Å². The zero-order valence-electron chi connectivity index (χ0n) is 14.2. The first-order valence-corrected chi connectivity index (χ1v) is 8.51. The third kappa shape index (κ3) is 3.68. The molecule has 0 aliphatic carbocycles. The molecule has 1 heterocycles. The number of hydrogen-bond donors (Lipinski definition) is 1. The Morgan fingerprint density at radius 2 is 1.75 bits per heavy atom. The van der Waals surface area contributed by atoms with Gasteiger partial charge >= 0.3 is 0 Å². The molecule has 3 aromatic rings. The van der Waals surface area contributed by atoms with Gasteiger partial charge in [0.2, 0.25) is 0 Å². The predicted octanol–water partition coefficient (Wildman–Crippen LogP) is 5.48. The fourth-order valence-electron chi connectivity index (χ4n) is 2.51. The van der Waals surface area contributed by atoms with Gasteiger partial charge in [0.05, 0.1) is 16.3 Å². The van der Waals surface area contributed by atoms with Gasteiger partial charge in [0, 0.05) is 5.56 Å². The molecule has 0 aliphatic heterocycles. The number of rotatable bonds is 4. The molecule has 3 nitrogen and oxygen atoms in total. The van der Waals surface area contributed by atoms with Gasteiger partial charge in [-0.15, -0.1) is 17.0 Å². The fourth-order valence-corrected chi connectivity index (χ4v) is 3.52. The Bertz CT molecular complexity index is 871. The summed E-state index contributed by atoms with van der Waals surface area (Å²) >= 11 is 1.59. The van der Waals surface area contributed by atoms with Gasteiger partial charge in [-0.05, 0) is 44.9 Å². The fraction of sp³-hybridized carbons (Fsp3) is 0.263. The Morgan fingerprint density at radius 3 is 2.42 bits per heavy atom. The van der Waals surface area contributed by atoms with Crippen LogP contribution in [0.1, 0.15) is 34.0 Å². The van der Waals surface area contributed by atoms with Crippen LogP contribution in [0.5, 0.6) is 0 Å². The quantitative estimate of drug-likeness (QED) is 0.585. The van der Waals surface area contributed by atoms with Gasteiger partial charge in [-0.25, -0.2) is 4.98 Å². The van der Waals surface area contributed by atoms with E-state index in [1.54, 1.807) is 11.3 Å². The number of carbonyl (C=O) groups excluding carboxylic acids is 1. The minimum absolute atomic E-state index is 0. The Morgan fingerprint density at radius 1 is 1.08 bits per heavy atom. The number of hydrogen-bond acceptors (Lipinski definition) is 4. The number of nitrogens with one attached hydrogen (secondary N) is 1. The molecule has 0 amide bonds. The number of halogens is 1. The SMILES string of the molecule is Br.Cc1ccc(C(=O)C(C)Nc2nc3c(C)c(C)ccc3s2)cc1. The molecule has 0 fully saturated rings. The van der Waals surface area contributed by atoms with Crippen LogP contribution in [0.4, 0.5) is 5.13 Å². The lowest BCUT2D eigenvalue weighted by Gasteiger charge is -2.11. The second-order valence-corrected chi connectivity index (χ2v) is 7.00. The molecule has 24 heavy (non-hydrogen) atoms. The molecule has 1 aromatic heterocycles. The van der Waals surface area contributed by atoms with E-state index in [1.807, 2.05) is 38.1 Å². The standard InChI is InChI=1S/C19H20N2OS.BrH/c1-11-5-8-15(9-6-11)18(22)14(4)20-19-21-17-13(3)12(2)7-10-16(17)23-19;/h5-10,14H,1-4H3,(H,20,21);1H. The molecule has 2 aromatic carbocycles. The van der Waals surface area contributed by atoms with Crippen molar-refractivity contribution in [1.29, 1.82) is 0 Å². The monoisotopic (exact) mass is 404 g/mol. The van der Waals surface area contributed by atoms with Crippen molar-refractivity contribution >= 4 is 49.4 Å². The van der Waals surface area contributed by atoms with Gasteiger partial charge in [0.15, 0.2) is 10.9 Å². The van der Waals surface area contributed by atoms with E-state index >= 15 is 0 Å². The number of carbonyl (C=O) groups is 1. The summed E-state index contributed by atoms with van der Waals surface area (Å²) in [6, 6.07) is 11.6. The Kier molecular flexibility index (Phi) is 5.78. The molecule has 1 unspecified atom stereocenters. The highest BCUT2D eigenvalue weighted by molar-refractivity contribution is 8.93. The van der Waals surface area contributed by atoms with Crippen molar-refractivity contribution in [3.05, 3.63) is 58.7 Å². The van der Waals surface area contributed by atoms with E-state index in [4.69, 9.17) is 0 Å². The lowest BCUT2D eigenvalue weighted by Crippen LogP contribution is -2.26. The number of aromatic nitrogens is 1. The van der Waals surface area contributed by atoms with Gasteiger partial charge in [-0.3, -0.25) is 4.79 Å². The normalized spacial score (nSPS) is 11.8. The zero-order chi connectivity index (χ0) is 16.6. The second-order valence-electron chi connectivity index (χ2n) is 5.97. The summed E-state index contributed by atoms with van der Waals surface area (Å²) in [5, 5.41) is 4.04. The molecule has 126 valence electrons. The van der Waals surface area contributed by atoms with Crippen LogP contribution in [0.25, 0.3) is 10.2 Å². The van der Waals surface area contributed by atoms with E-state index in [1.165, 1.54) is 11.1 Å². The number of benzene rings is 2. The van der Waals surface area contributed by atoms with Crippen molar-refractivity contribution in [2.24, 2.45) is 0 Å². The number of Topliss-reactive ketones (excluding diaryl/α,β-unsaturated/α-hetero) is 1. The Hall–Kier alpha value is -1.72. The summed E-state index contributed by atoms with van der Waals surface area (Å²) in [6.45, 7) is 8.07. The van der Waals surface area contributed by atoms with E-state index in [0.717, 1.165) is 26.5 Å². The molecule has 0 bridgehead atoms. The van der Waals surface area contributed by atoms with Crippen molar-refractivity contribution in [2.75, 3.05) is 5.32 Å². The molecule has 0 radical (unpaired) electrons. The molecular formula is C19H21BrN2OS. The van der Waals surface area contributed by atoms with Crippen LogP contribution in [-0.4, -0.2) is 16.8 Å². The van der Waals surface area contributed by atoms with E-state index in [9.17, 15) is 4.79 Å². The van der Waals surface area contributed by atoms with Gasteiger partial charge in [0.1, 0.15) is 0 Å². The molecule has 0 saturated carbocycles. The van der Waals surface area contributed by atoms with Gasteiger partial charge in [-0.1, -0.05) is 47.2 Å². The highest BCUT2D eigenvalue weighted by Gasteiger charge is 2.17. The maximum atomic E-state index is 12.5. The van der Waals surface area contributed by atoms with Crippen LogP contribution in [0, 0.1) is 20.8 Å². The first-order valence-electron chi connectivity index (χ1n) is 7.70. The smallest absolute Gasteiger partial charge is 0.184 e. The number of fused-ring (bicyclic) bond motifs is 1. The van der Waals surface area contributed by atoms with Crippen molar-refractivity contribution in [3.63, 3.8) is 0 Å². The van der Waals surface area contributed by atoms with Crippen LogP contribution in [0.15, 0.2) is 36.4 Å². The number of anilines is 1. The summed E-state index contributed by atoms with van der Waals surface area (Å²) in [7, 11) is 0. The van der Waals surface area contributed by atoms with E-state index in [-0.39, 0.29) is 28.8 Å². The van der Waals surface area contributed by atoms with Crippen molar-refractivity contribution in [2.45, 2.75) is 33.7 Å². The molecule has 1 N–H and O–H groups in total. The summed E-state index contributed by atoms with van der Waals surface area (Å²) in [4.78, 5) is 17.2. The third-order valence-electron chi connectivity index (χ3n) is 4.15. The van der Waals surface area contributed by atoms with E-state index in [2.05, 4.69) is 36.3 Å². The first-order chi connectivity index (χ1) is 11.0. The number of ketones is 1. The van der Waals surface area contributed by atoms with Crippen molar-refractivity contribution in [3.8, 4) is 0 Å². The maximum absolute atomic E-state index is 12.5. The molecule has 1 atom stereocenters. The average molecular weight is 405 g/mol. The summed E-state index contributed by atoms with van der Waals surface area (Å²) in [5.41, 5.74) is 5.33. The Labute approximate surface area is 156 Å². The summed E-state index contributed by atoms with van der Waals surface area (Å²) in [6.07, 6.45) is 0. The lowest BCUT2D eigenvalue weighted by molar-refractivity contribution is 0.0975. The largest absolute Gasteiger partial charge is 0.352 e. The van der Waals surface area contributed by atoms with Crippen LogP contribution in [-0.2, 0) is 0 Å². The van der Waals surface area contributed by atoms with E-state index < -0.39 is 0 Å². The lowest BCUT2D eigenvalue weighted by atomic mass is 10.0. The molecule has 0 aliphatic rings. The predicted molar refractivity (Wildman–Crippen MR) is 108 cm³/mol. The number of thiazole rings is 1. The van der Waals surface area contributed by atoms with E-state index in [0.29, 0.717) is 0 Å². The van der Waals surface area contributed by atoms with Crippen LogP contribution >= 0.6 is 28.3 Å². The first kappa shape index (κ1) is 18.6. The third-order valence-corrected chi connectivity index (χ3v) is 5.11. The van der Waals surface area contributed by atoms with Gasteiger partial charge < -0.3 is 5.32 Å². The maximum Gasteiger partial charge on any atom is 0.184 e. The van der Waals surface area contributed by atoms with Crippen LogP contribution in [0.2, 0.25) is 0 Å². The zero-order valence-corrected chi connectivity index (χ0v) is 16.7. The summed E-state index contributed by atoms with van der Waals surface area (Å²) < 4.78 is 1.14. The average Bonchev–Trinajstić information content (AvgIpc) is 2.94. The van der Waals surface area contributed by atoms with Gasteiger partial charge in [0.25, 0.3) is 0 Å². The number of aryl methyl sites for hydroxylation is 3. The molecular weight excluding hydrogens is 384 g/mol. The Balaban J connectivity index is 0.00000208. The molecule has 0 spiro atoms. The van der Waals surface area contributed by atoms with Crippen molar-refractivity contribution < 1.29 is 4.79 Å². The van der Waals surface area contributed by atoms with Crippen LogP contribution in [0.3, 0.4) is 0 Å². The van der Waals surface area contributed by atoms with Crippen molar-refractivity contribution in [1.82, 2.24) is 4.98 Å². The minimum Gasteiger partial charge on any atom is -0.352 e. The van der Waals surface area contributed by atoms with Crippen LogP contribution < -0.4 is 5.32 Å². The minimum atomic E-state index is -0.306. The molecule has 0 saturated heterocycles.